The number of anilines is 2. The van der Waals surface area contributed by atoms with Crippen LogP contribution in [0.1, 0.15) is 91.6 Å². The zero-order valence-electron chi connectivity index (χ0n) is 35.5. The number of benzene rings is 2. The first kappa shape index (κ1) is 47.0. The number of carbonyl (C=O) groups is 5. The molecule has 0 aromatic heterocycles. The molecular weight excluding hydrogens is 763 g/mol. The highest BCUT2D eigenvalue weighted by Crippen LogP contribution is 2.46. The molecule has 0 bridgehead atoms. The average molecular weight is 824 g/mol. The van der Waals surface area contributed by atoms with E-state index in [4.69, 9.17) is 24.4 Å². The minimum absolute atomic E-state index is 0.120. The molecule has 0 saturated carbocycles. The van der Waals surface area contributed by atoms with Crippen LogP contribution in [0.25, 0.3) is 0 Å². The van der Waals surface area contributed by atoms with E-state index in [-0.39, 0.29) is 47.0 Å². The van der Waals surface area contributed by atoms with Gasteiger partial charge in [-0.2, -0.15) is 0 Å². The molecule has 2 aromatic carbocycles. The summed E-state index contributed by atoms with van der Waals surface area (Å²) in [7, 11) is -1.02. The van der Waals surface area contributed by atoms with E-state index in [9.17, 15) is 29.1 Å². The number of amides is 5. The van der Waals surface area contributed by atoms with Crippen LogP contribution in [-0.4, -0.2) is 80.1 Å². The van der Waals surface area contributed by atoms with Crippen molar-refractivity contribution in [3.8, 4) is 11.5 Å². The molecule has 0 spiro atoms. The second-order valence-corrected chi connectivity index (χ2v) is 21.0. The Hall–Kier alpha value is -5.35. The summed E-state index contributed by atoms with van der Waals surface area (Å²) in [6.45, 7) is 19.2. The van der Waals surface area contributed by atoms with E-state index in [2.05, 4.69) is 57.5 Å². The van der Waals surface area contributed by atoms with Crippen molar-refractivity contribution >= 4 is 49.6 Å². The number of rotatable bonds is 18. The van der Waals surface area contributed by atoms with Crippen molar-refractivity contribution in [2.24, 2.45) is 11.7 Å². The molecule has 16 heteroatoms. The number of allylic oxidation sites excluding steroid dienone is 2. The molecule has 0 saturated heterocycles. The minimum Gasteiger partial charge on any atom is -0.540 e. The van der Waals surface area contributed by atoms with Crippen LogP contribution in [0.2, 0.25) is 16.6 Å². The zero-order chi connectivity index (χ0) is 43.5. The van der Waals surface area contributed by atoms with E-state index >= 15 is 0 Å². The lowest BCUT2D eigenvalue weighted by Crippen LogP contribution is -2.50. The van der Waals surface area contributed by atoms with Crippen LogP contribution in [0.3, 0.4) is 0 Å². The van der Waals surface area contributed by atoms with E-state index in [1.165, 1.54) is 18.9 Å². The van der Waals surface area contributed by atoms with Crippen molar-refractivity contribution in [1.29, 1.82) is 0 Å². The first-order valence-corrected chi connectivity index (χ1v) is 21.7. The van der Waals surface area contributed by atoms with Gasteiger partial charge in [0.1, 0.15) is 18.4 Å². The van der Waals surface area contributed by atoms with Crippen molar-refractivity contribution in [2.45, 2.75) is 117 Å². The molecule has 2 unspecified atom stereocenters. The number of primary amides is 1. The molecule has 2 aromatic rings. The van der Waals surface area contributed by atoms with Crippen LogP contribution in [0.4, 0.5) is 21.0 Å². The highest BCUT2D eigenvalue weighted by Gasteiger charge is 2.47. The van der Waals surface area contributed by atoms with Gasteiger partial charge in [-0.1, -0.05) is 79.7 Å². The number of nitrogens with two attached hydrogens (primary N) is 1. The van der Waals surface area contributed by atoms with Crippen molar-refractivity contribution in [1.82, 2.24) is 10.2 Å². The number of ether oxygens (including phenoxy) is 3. The third-order valence-electron chi connectivity index (χ3n) is 10.2. The average Bonchev–Trinajstić information content (AvgIpc) is 3.57. The number of methoxy groups -OCH3 is 1. The van der Waals surface area contributed by atoms with Gasteiger partial charge < -0.3 is 45.0 Å². The molecule has 1 aliphatic heterocycles. The van der Waals surface area contributed by atoms with Gasteiger partial charge in [0, 0.05) is 18.0 Å². The fraction of sp³-hybridized carbons (Fsp3) is 0.500. The third-order valence-corrected chi connectivity index (χ3v) is 16.2. The second-order valence-electron chi connectivity index (χ2n) is 15.6. The molecule has 3 rings (SSSR count). The van der Waals surface area contributed by atoms with E-state index < -0.39 is 56.4 Å². The Balaban J connectivity index is 1.85. The molecule has 3 atom stereocenters. The predicted octanol–water partition coefficient (Wildman–Crippen LogP) is 7.23. The number of aliphatic hydroxyl groups excluding tert-OH is 1. The monoisotopic (exact) mass is 823 g/mol. The van der Waals surface area contributed by atoms with Crippen molar-refractivity contribution in [3.05, 3.63) is 71.5 Å². The van der Waals surface area contributed by atoms with Crippen LogP contribution in [0, 0.1) is 5.92 Å². The molecular formula is C42H61N5O10Si. The molecule has 58 heavy (non-hydrogen) atoms. The maximum atomic E-state index is 14.2. The summed E-state index contributed by atoms with van der Waals surface area (Å²) in [6.07, 6.45) is 2.82. The van der Waals surface area contributed by atoms with Crippen LogP contribution >= 0.6 is 0 Å². The number of hydrogen-bond donors (Lipinski definition) is 5. The quantitative estimate of drug-likeness (QED) is 0.0953. The minimum atomic E-state index is -2.52. The van der Waals surface area contributed by atoms with Crippen molar-refractivity contribution < 1.29 is 47.7 Å². The van der Waals surface area contributed by atoms with Crippen LogP contribution in [0.5, 0.6) is 11.5 Å². The molecule has 0 fully saturated rings. The molecule has 0 aliphatic carbocycles. The first-order valence-electron chi connectivity index (χ1n) is 19.6. The fourth-order valence-electron chi connectivity index (χ4n) is 7.38. The lowest BCUT2D eigenvalue weighted by molar-refractivity contribution is -0.134. The highest BCUT2D eigenvalue weighted by molar-refractivity contribution is 6.78. The topological polar surface area (TPSA) is 208 Å². The SMILES string of the molecule is C/C=C/C1=CN(C(=O)c2cc(OC)c(O[Si](C(C)C)(C(C)C)C(C)C)cc2NC(=O)OCc2ccc(NC(=O)C(C)NC(=O)C(OC(N)=O)C(C)C)cc2)[C@H](CO)C1. The summed E-state index contributed by atoms with van der Waals surface area (Å²) >= 11 is 0. The lowest BCUT2D eigenvalue weighted by Gasteiger charge is -2.42. The Labute approximate surface area is 342 Å². The highest BCUT2D eigenvalue weighted by atomic mass is 28.4. The molecule has 1 heterocycles. The van der Waals surface area contributed by atoms with Gasteiger partial charge in [-0.05, 0) is 72.1 Å². The Morgan fingerprint density at radius 3 is 2.05 bits per heavy atom. The Bertz CT molecular complexity index is 1820. The van der Waals surface area contributed by atoms with Crippen LogP contribution in [-0.2, 0) is 25.7 Å². The maximum Gasteiger partial charge on any atom is 0.411 e. The molecule has 0 radical (unpaired) electrons. The number of aliphatic hydroxyl groups is 1. The molecule has 15 nitrogen and oxygen atoms in total. The molecule has 6 N–H and O–H groups in total. The Morgan fingerprint density at radius 2 is 1.53 bits per heavy atom. The van der Waals surface area contributed by atoms with Crippen LogP contribution in [0.15, 0.2) is 60.3 Å². The van der Waals surface area contributed by atoms with Gasteiger partial charge in [0.25, 0.3) is 20.1 Å². The van der Waals surface area contributed by atoms with Crippen LogP contribution < -0.4 is 30.8 Å². The standard InChI is InChI=1S/C42H61N5O10Si/c1-12-13-30-18-32(22-48)47(21-30)40(51)33-19-35(54-11)36(57-58(25(4)5,26(6)7)27(8)9)20-34(33)46-42(53)55-23-29-14-16-31(17-15-29)45-38(49)28(10)44-39(50)37(24(2)3)56-41(43)52/h12-17,19-21,24-28,32,37,48H,18,22-23H2,1-11H3,(H2,43,52)(H,44,50)(H,45,49)(H,46,53)/b13-12+/t28?,32-,37?/m0/s1. The van der Waals surface area contributed by atoms with Gasteiger partial charge in [0.05, 0.1) is 31.0 Å². The summed E-state index contributed by atoms with van der Waals surface area (Å²) in [5.74, 6) is -1.28. The summed E-state index contributed by atoms with van der Waals surface area (Å²) < 4.78 is 23.3. The van der Waals surface area contributed by atoms with E-state index in [0.717, 1.165) is 5.57 Å². The number of nitrogens with one attached hydrogen (secondary N) is 3. The fourth-order valence-corrected chi connectivity index (χ4v) is 12.6. The van der Waals surface area contributed by atoms with Crippen molar-refractivity contribution in [3.63, 3.8) is 0 Å². The van der Waals surface area contributed by atoms with Gasteiger partial charge in [0.15, 0.2) is 11.9 Å². The maximum absolute atomic E-state index is 14.2. The Morgan fingerprint density at radius 1 is 0.914 bits per heavy atom. The Kier molecular flexibility index (Phi) is 16.9. The zero-order valence-corrected chi connectivity index (χ0v) is 36.5. The van der Waals surface area contributed by atoms with Gasteiger partial charge in [0.2, 0.25) is 5.91 Å². The smallest absolute Gasteiger partial charge is 0.411 e. The molecule has 5 amide bonds. The summed E-state index contributed by atoms with van der Waals surface area (Å²) in [5.41, 5.74) is 7.90. The van der Waals surface area contributed by atoms with Crippen molar-refractivity contribution in [2.75, 3.05) is 24.4 Å². The normalized spacial score (nSPS) is 15.3. The second kappa shape index (κ2) is 20.9. The lowest BCUT2D eigenvalue weighted by atomic mass is 10.1. The van der Waals surface area contributed by atoms with E-state index in [1.807, 2.05) is 19.1 Å². The third kappa shape index (κ3) is 11.6. The summed E-state index contributed by atoms with van der Waals surface area (Å²) in [6, 6.07) is 8.22. The largest absolute Gasteiger partial charge is 0.540 e. The van der Waals surface area contributed by atoms with Gasteiger partial charge in [-0.25, -0.2) is 9.59 Å². The summed E-state index contributed by atoms with van der Waals surface area (Å²) in [5, 5.41) is 18.2. The molecule has 1 aliphatic rings. The first-order chi connectivity index (χ1) is 27.3. The number of hydrogen-bond acceptors (Lipinski definition) is 10. The van der Waals surface area contributed by atoms with Gasteiger partial charge in [-0.15, -0.1) is 0 Å². The number of carbonyl (C=O) groups excluding carboxylic acids is 5. The van der Waals surface area contributed by atoms with E-state index in [0.29, 0.717) is 29.2 Å². The summed E-state index contributed by atoms with van der Waals surface area (Å²) in [4.78, 5) is 65.8. The van der Waals surface area contributed by atoms with Gasteiger partial charge >= 0.3 is 12.2 Å². The number of nitrogens with zero attached hydrogens (tertiary/aromatic N) is 1. The van der Waals surface area contributed by atoms with E-state index in [1.54, 1.807) is 56.4 Å². The predicted molar refractivity (Wildman–Crippen MR) is 225 cm³/mol. The molecule has 318 valence electrons. The van der Waals surface area contributed by atoms with Gasteiger partial charge in [-0.3, -0.25) is 19.7 Å².